The normalized spacial score (nSPS) is 15.7. The Morgan fingerprint density at radius 2 is 1.60 bits per heavy atom. The van der Waals surface area contributed by atoms with E-state index in [4.69, 9.17) is 0 Å². The Bertz CT molecular complexity index is 1480. The Kier molecular flexibility index (Phi) is 6.28. The van der Waals surface area contributed by atoms with Gasteiger partial charge in [0.25, 0.3) is 0 Å². The largest absolute Gasteiger partial charge is 0.340 e. The van der Waals surface area contributed by atoms with Gasteiger partial charge in [-0.05, 0) is 86.1 Å². The van der Waals surface area contributed by atoms with E-state index in [2.05, 4.69) is 29.7 Å². The first-order valence-electron chi connectivity index (χ1n) is 12.2. The predicted molar refractivity (Wildman–Crippen MR) is 139 cm³/mol. The Morgan fingerprint density at radius 1 is 0.914 bits per heavy atom. The number of hydrogen-bond donors (Lipinski definition) is 0. The van der Waals surface area contributed by atoms with E-state index in [1.165, 1.54) is 28.8 Å². The Balaban J connectivity index is 1.43. The fourth-order valence-corrected chi connectivity index (χ4v) is 7.24. The number of nitrogens with zero attached hydrogens (tertiary/aromatic N) is 2. The zero-order chi connectivity index (χ0) is 24.7. The summed E-state index contributed by atoms with van der Waals surface area (Å²) in [4.78, 5) is 0.419. The Hall–Kier alpha value is -2.96. The zero-order valence-corrected chi connectivity index (χ0v) is 21.3. The molecule has 6 heteroatoms. The lowest BCUT2D eigenvalue weighted by Gasteiger charge is -2.32. The summed E-state index contributed by atoms with van der Waals surface area (Å²) in [5.41, 5.74) is 6.47. The van der Waals surface area contributed by atoms with Gasteiger partial charge < -0.3 is 4.57 Å². The van der Waals surface area contributed by atoms with Crippen LogP contribution in [0.25, 0.3) is 10.9 Å². The number of sulfonamides is 1. The molecule has 0 N–H and O–H groups in total. The van der Waals surface area contributed by atoms with E-state index in [9.17, 15) is 12.8 Å². The summed E-state index contributed by atoms with van der Waals surface area (Å²) >= 11 is 0. The van der Waals surface area contributed by atoms with Crippen LogP contribution in [0.5, 0.6) is 0 Å². The van der Waals surface area contributed by atoms with Crippen LogP contribution in [0.1, 0.15) is 46.7 Å². The van der Waals surface area contributed by atoms with Gasteiger partial charge >= 0.3 is 0 Å². The highest BCUT2D eigenvalue weighted by molar-refractivity contribution is 7.89. The number of hydrogen-bond acceptors (Lipinski definition) is 2. The number of aryl methyl sites for hydroxylation is 2. The molecular formula is C29H31FN2O2S. The summed E-state index contributed by atoms with van der Waals surface area (Å²) in [7, 11) is -3.51. The lowest BCUT2D eigenvalue weighted by molar-refractivity contribution is 0.319. The van der Waals surface area contributed by atoms with E-state index in [-0.39, 0.29) is 5.82 Å². The van der Waals surface area contributed by atoms with E-state index < -0.39 is 10.0 Å². The van der Waals surface area contributed by atoms with Crippen LogP contribution in [-0.2, 0) is 16.6 Å². The van der Waals surface area contributed by atoms with Crippen molar-refractivity contribution >= 4 is 20.9 Å². The van der Waals surface area contributed by atoms with Gasteiger partial charge in [0.2, 0.25) is 10.0 Å². The standard InChI is InChI=1S/C29H31FN2O2S/c1-20-8-9-21(2)28(18-20)35(33,34)31-16-14-24(15-17-31)29-22(3)32(27-7-5-4-6-26(27)29)19-23-10-12-25(30)13-11-23/h4-13,18,24H,14-17,19H2,1-3H3. The topological polar surface area (TPSA) is 42.3 Å². The first-order valence-corrected chi connectivity index (χ1v) is 13.6. The molecule has 182 valence electrons. The highest BCUT2D eigenvalue weighted by atomic mass is 32.2. The lowest BCUT2D eigenvalue weighted by atomic mass is 9.88. The van der Waals surface area contributed by atoms with E-state index in [1.54, 1.807) is 10.4 Å². The summed E-state index contributed by atoms with van der Waals surface area (Å²) in [5.74, 6) is 0.0607. The molecule has 0 amide bonds. The van der Waals surface area contributed by atoms with Gasteiger partial charge in [0.1, 0.15) is 5.82 Å². The summed E-state index contributed by atoms with van der Waals surface area (Å²) in [6.45, 7) is 7.63. The zero-order valence-electron chi connectivity index (χ0n) is 20.5. The quantitative estimate of drug-likeness (QED) is 0.328. The van der Waals surface area contributed by atoms with Crippen molar-refractivity contribution in [2.24, 2.45) is 0 Å². The van der Waals surface area contributed by atoms with Crippen LogP contribution < -0.4 is 0 Å². The maximum absolute atomic E-state index is 13.4. The van der Waals surface area contributed by atoms with E-state index in [0.29, 0.717) is 30.4 Å². The van der Waals surface area contributed by atoms with Crippen molar-refractivity contribution in [3.8, 4) is 0 Å². The molecule has 4 aromatic rings. The van der Waals surface area contributed by atoms with Gasteiger partial charge in [-0.2, -0.15) is 4.31 Å². The maximum atomic E-state index is 13.4. The van der Waals surface area contributed by atoms with Crippen LogP contribution in [0, 0.1) is 26.6 Å². The minimum Gasteiger partial charge on any atom is -0.340 e. The van der Waals surface area contributed by atoms with Crippen LogP contribution in [0.2, 0.25) is 0 Å². The van der Waals surface area contributed by atoms with Crippen LogP contribution >= 0.6 is 0 Å². The third-order valence-corrected chi connectivity index (χ3v) is 9.40. The van der Waals surface area contributed by atoms with Crippen molar-refractivity contribution in [3.05, 3.63) is 100 Å². The van der Waals surface area contributed by atoms with Crippen molar-refractivity contribution < 1.29 is 12.8 Å². The molecule has 0 radical (unpaired) electrons. The first kappa shape index (κ1) is 23.8. The van der Waals surface area contributed by atoms with Gasteiger partial charge in [-0.1, -0.05) is 42.5 Å². The molecule has 0 saturated carbocycles. The average molecular weight is 491 g/mol. The van der Waals surface area contributed by atoms with Crippen molar-refractivity contribution in [2.75, 3.05) is 13.1 Å². The lowest BCUT2D eigenvalue weighted by Crippen LogP contribution is -2.38. The van der Waals surface area contributed by atoms with Crippen LogP contribution in [0.4, 0.5) is 4.39 Å². The van der Waals surface area contributed by atoms with Gasteiger partial charge in [0.05, 0.1) is 4.90 Å². The molecule has 0 spiro atoms. The molecule has 1 fully saturated rings. The fourth-order valence-electron chi connectivity index (χ4n) is 5.46. The number of fused-ring (bicyclic) bond motifs is 1. The predicted octanol–water partition coefficient (Wildman–Crippen LogP) is 6.32. The molecule has 1 aliphatic heterocycles. The number of piperidine rings is 1. The molecule has 5 rings (SSSR count). The molecule has 4 nitrogen and oxygen atoms in total. The fraction of sp³-hybridized carbons (Fsp3) is 0.310. The molecule has 0 unspecified atom stereocenters. The number of rotatable bonds is 5. The molecule has 35 heavy (non-hydrogen) atoms. The molecular weight excluding hydrogens is 459 g/mol. The minimum atomic E-state index is -3.51. The van der Waals surface area contributed by atoms with Crippen LogP contribution in [-0.4, -0.2) is 30.4 Å². The molecule has 1 saturated heterocycles. The number of aromatic nitrogens is 1. The van der Waals surface area contributed by atoms with E-state index >= 15 is 0 Å². The molecule has 0 atom stereocenters. The summed E-state index contributed by atoms with van der Waals surface area (Å²) < 4.78 is 44.2. The smallest absolute Gasteiger partial charge is 0.243 e. The maximum Gasteiger partial charge on any atom is 0.243 e. The minimum absolute atomic E-state index is 0.230. The van der Waals surface area contributed by atoms with Crippen molar-refractivity contribution in [2.45, 2.75) is 51.0 Å². The number of para-hydroxylation sites is 1. The highest BCUT2D eigenvalue weighted by Crippen LogP contribution is 2.39. The SMILES string of the molecule is Cc1ccc(C)c(S(=O)(=O)N2CCC(c3c(C)n(Cc4ccc(F)cc4)c4ccccc34)CC2)c1. The van der Waals surface area contributed by atoms with Gasteiger partial charge in [0, 0.05) is 36.2 Å². The average Bonchev–Trinajstić information content (AvgIpc) is 3.13. The van der Waals surface area contributed by atoms with Crippen molar-refractivity contribution in [1.82, 2.24) is 8.87 Å². The van der Waals surface area contributed by atoms with E-state index in [1.807, 2.05) is 44.2 Å². The van der Waals surface area contributed by atoms with Gasteiger partial charge in [-0.3, -0.25) is 0 Å². The molecule has 2 heterocycles. The second kappa shape index (κ2) is 9.25. The summed E-state index contributed by atoms with van der Waals surface area (Å²) in [5, 5.41) is 1.22. The summed E-state index contributed by atoms with van der Waals surface area (Å²) in [6, 6.07) is 20.7. The Labute approximate surface area is 207 Å². The second-order valence-corrected chi connectivity index (χ2v) is 11.6. The van der Waals surface area contributed by atoms with Crippen molar-refractivity contribution in [1.29, 1.82) is 0 Å². The van der Waals surface area contributed by atoms with E-state index in [0.717, 1.165) is 35.0 Å². The molecule has 3 aromatic carbocycles. The Morgan fingerprint density at radius 3 is 2.31 bits per heavy atom. The molecule has 1 aromatic heterocycles. The summed E-state index contributed by atoms with van der Waals surface area (Å²) in [6.07, 6.45) is 1.57. The first-order chi connectivity index (χ1) is 16.8. The van der Waals surface area contributed by atoms with Gasteiger partial charge in [-0.15, -0.1) is 0 Å². The van der Waals surface area contributed by atoms with Gasteiger partial charge in [-0.25, -0.2) is 12.8 Å². The van der Waals surface area contributed by atoms with Gasteiger partial charge in [0.15, 0.2) is 0 Å². The van der Waals surface area contributed by atoms with Crippen LogP contribution in [0.3, 0.4) is 0 Å². The number of benzene rings is 3. The van der Waals surface area contributed by atoms with Crippen molar-refractivity contribution in [3.63, 3.8) is 0 Å². The monoisotopic (exact) mass is 490 g/mol. The molecule has 1 aliphatic rings. The third-order valence-electron chi connectivity index (χ3n) is 7.36. The number of halogens is 1. The second-order valence-electron chi connectivity index (χ2n) is 9.68. The molecule has 0 aliphatic carbocycles. The van der Waals surface area contributed by atoms with Crippen LogP contribution in [0.15, 0.2) is 71.6 Å². The molecule has 0 bridgehead atoms. The third kappa shape index (κ3) is 4.41. The highest BCUT2D eigenvalue weighted by Gasteiger charge is 2.33.